The zero-order valence-electron chi connectivity index (χ0n) is 11.1. The van der Waals surface area contributed by atoms with Gasteiger partial charge in [-0.15, -0.1) is 11.3 Å². The largest absolute Gasteiger partial charge is 0.312 e. The Labute approximate surface area is 116 Å². The second-order valence-corrected chi connectivity index (χ2v) is 6.10. The molecule has 1 nitrogen and oxygen atoms in total. The standard InChI is InChI=1S/C15H17F2NS/c1-10-5-13(11(2)19-10)9-18-4-3-12-6-14(16)8-15(17)7-12/h5-8,18H,3-4,9H2,1-2H3. The molecule has 0 bridgehead atoms. The van der Waals surface area contributed by atoms with Gasteiger partial charge in [-0.25, -0.2) is 8.78 Å². The Bertz CT molecular complexity index is 543. The number of hydrogen-bond acceptors (Lipinski definition) is 2. The maximum Gasteiger partial charge on any atom is 0.126 e. The van der Waals surface area contributed by atoms with E-state index in [9.17, 15) is 8.78 Å². The molecule has 1 aromatic carbocycles. The van der Waals surface area contributed by atoms with Crippen LogP contribution in [0.2, 0.25) is 0 Å². The fourth-order valence-electron chi connectivity index (χ4n) is 2.07. The summed E-state index contributed by atoms with van der Waals surface area (Å²) in [7, 11) is 0. The van der Waals surface area contributed by atoms with E-state index < -0.39 is 11.6 Å². The van der Waals surface area contributed by atoms with Crippen molar-refractivity contribution >= 4 is 11.3 Å². The highest BCUT2D eigenvalue weighted by atomic mass is 32.1. The van der Waals surface area contributed by atoms with Crippen molar-refractivity contribution in [3.05, 3.63) is 56.8 Å². The number of rotatable bonds is 5. The summed E-state index contributed by atoms with van der Waals surface area (Å²) in [5, 5.41) is 3.31. The average molecular weight is 281 g/mol. The van der Waals surface area contributed by atoms with Crippen LogP contribution in [0.5, 0.6) is 0 Å². The molecule has 0 radical (unpaired) electrons. The van der Waals surface area contributed by atoms with Gasteiger partial charge in [0.15, 0.2) is 0 Å². The molecule has 0 spiro atoms. The molecule has 0 saturated heterocycles. The quantitative estimate of drug-likeness (QED) is 0.818. The molecule has 1 heterocycles. The summed E-state index contributed by atoms with van der Waals surface area (Å²) in [6.45, 7) is 5.71. The van der Waals surface area contributed by atoms with Gasteiger partial charge < -0.3 is 5.32 Å². The first-order valence-corrected chi connectivity index (χ1v) is 7.08. The second-order valence-electron chi connectivity index (χ2n) is 4.64. The van der Waals surface area contributed by atoms with Crippen LogP contribution in [-0.4, -0.2) is 6.54 Å². The number of benzene rings is 1. The van der Waals surface area contributed by atoms with E-state index in [1.807, 2.05) is 0 Å². The topological polar surface area (TPSA) is 12.0 Å². The van der Waals surface area contributed by atoms with Crippen molar-refractivity contribution in [2.45, 2.75) is 26.8 Å². The van der Waals surface area contributed by atoms with Crippen LogP contribution in [0.1, 0.15) is 20.9 Å². The third-order valence-corrected chi connectivity index (χ3v) is 3.98. The first-order chi connectivity index (χ1) is 9.04. The van der Waals surface area contributed by atoms with Crippen LogP contribution in [0.4, 0.5) is 8.78 Å². The van der Waals surface area contributed by atoms with Crippen molar-refractivity contribution in [2.24, 2.45) is 0 Å². The maximum atomic E-state index is 13.0. The predicted molar refractivity (Wildman–Crippen MR) is 75.6 cm³/mol. The van der Waals surface area contributed by atoms with E-state index in [0.717, 1.165) is 12.6 Å². The van der Waals surface area contributed by atoms with Gasteiger partial charge in [-0.2, -0.15) is 0 Å². The van der Waals surface area contributed by atoms with Crippen molar-refractivity contribution in [1.29, 1.82) is 0 Å². The lowest BCUT2D eigenvalue weighted by molar-refractivity contribution is 0.577. The minimum atomic E-state index is -0.515. The van der Waals surface area contributed by atoms with E-state index >= 15 is 0 Å². The van der Waals surface area contributed by atoms with Gasteiger partial charge in [0.2, 0.25) is 0 Å². The molecular weight excluding hydrogens is 264 g/mol. The highest BCUT2D eigenvalue weighted by Crippen LogP contribution is 2.20. The van der Waals surface area contributed by atoms with Crippen LogP contribution in [0.15, 0.2) is 24.3 Å². The average Bonchev–Trinajstić information content (AvgIpc) is 2.62. The van der Waals surface area contributed by atoms with Crippen molar-refractivity contribution in [1.82, 2.24) is 5.32 Å². The van der Waals surface area contributed by atoms with E-state index in [2.05, 4.69) is 25.2 Å². The summed E-state index contributed by atoms with van der Waals surface area (Å²) in [6.07, 6.45) is 0.622. The van der Waals surface area contributed by atoms with Gasteiger partial charge >= 0.3 is 0 Å². The molecule has 0 unspecified atom stereocenters. The molecule has 0 aliphatic rings. The van der Waals surface area contributed by atoms with Crippen LogP contribution >= 0.6 is 11.3 Å². The zero-order valence-corrected chi connectivity index (χ0v) is 11.9. The normalized spacial score (nSPS) is 10.9. The first kappa shape index (κ1) is 14.2. The van der Waals surface area contributed by atoms with Crippen LogP contribution < -0.4 is 5.32 Å². The lowest BCUT2D eigenvalue weighted by atomic mass is 10.1. The predicted octanol–water partition coefficient (Wildman–Crippen LogP) is 3.98. The molecule has 0 saturated carbocycles. The van der Waals surface area contributed by atoms with E-state index in [1.165, 1.54) is 27.5 Å². The van der Waals surface area contributed by atoms with Gasteiger partial charge in [0.1, 0.15) is 11.6 Å². The van der Waals surface area contributed by atoms with Crippen LogP contribution in [0, 0.1) is 25.5 Å². The van der Waals surface area contributed by atoms with Crippen molar-refractivity contribution in [2.75, 3.05) is 6.54 Å². The summed E-state index contributed by atoms with van der Waals surface area (Å²) < 4.78 is 26.0. The van der Waals surface area contributed by atoms with Crippen LogP contribution in [0.25, 0.3) is 0 Å². The molecule has 0 amide bonds. The van der Waals surface area contributed by atoms with Crippen molar-refractivity contribution < 1.29 is 8.78 Å². The minimum Gasteiger partial charge on any atom is -0.312 e. The summed E-state index contributed by atoms with van der Waals surface area (Å²) >= 11 is 1.79. The molecule has 19 heavy (non-hydrogen) atoms. The number of thiophene rings is 1. The Hall–Kier alpha value is -1.26. The van der Waals surface area contributed by atoms with Crippen LogP contribution in [0.3, 0.4) is 0 Å². The molecule has 2 aromatic rings. The number of halogens is 2. The molecule has 1 N–H and O–H groups in total. The molecule has 102 valence electrons. The van der Waals surface area contributed by atoms with Gasteiger partial charge in [-0.05, 0) is 56.1 Å². The van der Waals surface area contributed by atoms with Gasteiger partial charge in [-0.1, -0.05) is 0 Å². The Balaban J connectivity index is 1.82. The monoisotopic (exact) mass is 281 g/mol. The molecule has 0 atom stereocenters. The fourth-order valence-corrected chi connectivity index (χ4v) is 3.02. The van der Waals surface area contributed by atoms with Gasteiger partial charge in [0.05, 0.1) is 0 Å². The van der Waals surface area contributed by atoms with Crippen molar-refractivity contribution in [3.63, 3.8) is 0 Å². The SMILES string of the molecule is Cc1cc(CNCCc2cc(F)cc(F)c2)c(C)s1. The summed E-state index contributed by atoms with van der Waals surface area (Å²) in [4.78, 5) is 2.63. The highest BCUT2D eigenvalue weighted by Gasteiger charge is 2.03. The Kier molecular flexibility index (Phi) is 4.66. The smallest absolute Gasteiger partial charge is 0.126 e. The minimum absolute atomic E-state index is 0.515. The second kappa shape index (κ2) is 6.26. The van der Waals surface area contributed by atoms with Crippen LogP contribution in [-0.2, 0) is 13.0 Å². The Morgan fingerprint density at radius 2 is 1.74 bits per heavy atom. The third kappa shape index (κ3) is 4.11. The molecule has 0 fully saturated rings. The van der Waals surface area contributed by atoms with Gasteiger partial charge in [0.25, 0.3) is 0 Å². The van der Waals surface area contributed by atoms with E-state index in [1.54, 1.807) is 11.3 Å². The van der Waals surface area contributed by atoms with Gasteiger partial charge in [0, 0.05) is 22.4 Å². The fraction of sp³-hybridized carbons (Fsp3) is 0.333. The summed E-state index contributed by atoms with van der Waals surface area (Å²) in [6, 6.07) is 5.83. The maximum absolute atomic E-state index is 13.0. The molecule has 0 aliphatic carbocycles. The first-order valence-electron chi connectivity index (χ1n) is 6.26. The van der Waals surface area contributed by atoms with Crippen molar-refractivity contribution in [3.8, 4) is 0 Å². The number of aryl methyl sites for hydroxylation is 2. The van der Waals surface area contributed by atoms with E-state index in [0.29, 0.717) is 18.5 Å². The lowest BCUT2D eigenvalue weighted by Crippen LogP contribution is -2.16. The zero-order chi connectivity index (χ0) is 13.8. The summed E-state index contributed by atoms with van der Waals surface area (Å²) in [5.41, 5.74) is 1.98. The molecule has 2 rings (SSSR count). The lowest BCUT2D eigenvalue weighted by Gasteiger charge is -2.05. The Morgan fingerprint density at radius 3 is 2.32 bits per heavy atom. The molecule has 1 aromatic heterocycles. The number of nitrogens with one attached hydrogen (secondary N) is 1. The third-order valence-electron chi connectivity index (χ3n) is 2.97. The Morgan fingerprint density at radius 1 is 1.05 bits per heavy atom. The highest BCUT2D eigenvalue weighted by molar-refractivity contribution is 7.12. The van der Waals surface area contributed by atoms with E-state index in [4.69, 9.17) is 0 Å². The van der Waals surface area contributed by atoms with Gasteiger partial charge in [-0.3, -0.25) is 0 Å². The number of hydrogen-bond donors (Lipinski definition) is 1. The summed E-state index contributed by atoms with van der Waals surface area (Å²) in [5.74, 6) is -1.03. The molecular formula is C15H17F2NS. The molecule has 4 heteroatoms. The van der Waals surface area contributed by atoms with E-state index in [-0.39, 0.29) is 0 Å². The molecule has 0 aliphatic heterocycles.